The van der Waals surface area contributed by atoms with Crippen molar-refractivity contribution in [1.29, 1.82) is 0 Å². The van der Waals surface area contributed by atoms with Crippen LogP contribution >= 0.6 is 0 Å². The van der Waals surface area contributed by atoms with Gasteiger partial charge in [-0.25, -0.2) is 4.72 Å². The number of rotatable bonds is 8. The number of ether oxygens (including phenoxy) is 1. The molecule has 8 heteroatoms. The topological polar surface area (TPSA) is 73.9 Å². The van der Waals surface area contributed by atoms with E-state index < -0.39 is 10.2 Å². The lowest BCUT2D eigenvalue weighted by atomic mass is 10.0. The van der Waals surface area contributed by atoms with Gasteiger partial charge in [-0.2, -0.15) is 13.1 Å². The molecule has 142 valence electrons. The molecule has 1 saturated heterocycles. The molecule has 1 unspecified atom stereocenters. The van der Waals surface area contributed by atoms with Crippen molar-refractivity contribution in [1.82, 2.24) is 14.3 Å². The molecule has 0 aliphatic carbocycles. The standard InChI is InChI=1S/C17H30N4O3S/c1-14(2)19-25(22,23)18-13-17(21-9-11-24-12-10-21)15-5-7-16(8-6-15)20(3)4/h5-8,14,17-19H,9-13H2,1-4H3. The monoisotopic (exact) mass is 370 g/mol. The molecule has 1 aliphatic rings. The van der Waals surface area contributed by atoms with Gasteiger partial charge in [0.1, 0.15) is 0 Å². The van der Waals surface area contributed by atoms with E-state index in [4.69, 9.17) is 4.74 Å². The van der Waals surface area contributed by atoms with Crippen molar-refractivity contribution in [2.75, 3.05) is 51.8 Å². The number of anilines is 1. The summed E-state index contributed by atoms with van der Waals surface area (Å²) in [6.45, 7) is 6.85. The zero-order valence-corrected chi connectivity index (χ0v) is 16.3. The van der Waals surface area contributed by atoms with E-state index in [-0.39, 0.29) is 12.1 Å². The molecule has 0 radical (unpaired) electrons. The van der Waals surface area contributed by atoms with Crippen molar-refractivity contribution in [3.63, 3.8) is 0 Å². The van der Waals surface area contributed by atoms with Gasteiger partial charge in [-0.05, 0) is 31.5 Å². The SMILES string of the molecule is CC(C)NS(=O)(=O)NCC(c1ccc(N(C)C)cc1)N1CCOCC1. The number of nitrogens with one attached hydrogen (secondary N) is 2. The minimum atomic E-state index is -3.51. The Labute approximate surface area is 151 Å². The van der Waals surface area contributed by atoms with Gasteiger partial charge in [0.15, 0.2) is 0 Å². The van der Waals surface area contributed by atoms with Crippen LogP contribution in [-0.4, -0.2) is 66.3 Å². The Morgan fingerprint density at radius 1 is 1.16 bits per heavy atom. The smallest absolute Gasteiger partial charge is 0.277 e. The minimum absolute atomic E-state index is 0.0242. The van der Waals surface area contributed by atoms with Crippen LogP contribution in [-0.2, 0) is 14.9 Å². The van der Waals surface area contributed by atoms with Gasteiger partial charge >= 0.3 is 0 Å². The quantitative estimate of drug-likeness (QED) is 0.713. The molecule has 0 spiro atoms. The highest BCUT2D eigenvalue weighted by molar-refractivity contribution is 7.87. The summed E-state index contributed by atoms with van der Waals surface area (Å²) in [7, 11) is 0.490. The zero-order chi connectivity index (χ0) is 18.4. The predicted octanol–water partition coefficient (Wildman–Crippen LogP) is 0.958. The van der Waals surface area contributed by atoms with Crippen LogP contribution in [0.4, 0.5) is 5.69 Å². The van der Waals surface area contributed by atoms with Gasteiger partial charge in [0, 0.05) is 51.5 Å². The summed E-state index contributed by atoms with van der Waals surface area (Å²) in [6, 6.07) is 8.09. The lowest BCUT2D eigenvalue weighted by Crippen LogP contribution is -2.47. The highest BCUT2D eigenvalue weighted by Gasteiger charge is 2.24. The predicted molar refractivity (Wildman–Crippen MR) is 101 cm³/mol. The summed E-state index contributed by atoms with van der Waals surface area (Å²) in [5, 5.41) is 0. The molecule has 1 aliphatic heterocycles. The fraction of sp³-hybridized carbons (Fsp3) is 0.647. The van der Waals surface area contributed by atoms with Crippen molar-refractivity contribution < 1.29 is 13.2 Å². The third-order valence-corrected chi connectivity index (χ3v) is 5.47. The summed E-state index contributed by atoms with van der Waals surface area (Å²) in [6.07, 6.45) is 0. The van der Waals surface area contributed by atoms with E-state index in [1.165, 1.54) is 0 Å². The Hall–Kier alpha value is -1.19. The highest BCUT2D eigenvalue weighted by Crippen LogP contribution is 2.24. The fourth-order valence-electron chi connectivity index (χ4n) is 2.88. The maximum atomic E-state index is 12.1. The molecule has 1 fully saturated rings. The number of nitrogens with zero attached hydrogens (tertiary/aromatic N) is 2. The van der Waals surface area contributed by atoms with Crippen molar-refractivity contribution in [3.8, 4) is 0 Å². The first-order valence-electron chi connectivity index (χ1n) is 8.64. The second-order valence-corrected chi connectivity index (χ2v) is 8.31. The Bertz CT molecular complexity index is 626. The average Bonchev–Trinajstić information content (AvgIpc) is 2.55. The first-order valence-corrected chi connectivity index (χ1v) is 10.1. The summed E-state index contributed by atoms with van der Waals surface area (Å²) in [4.78, 5) is 4.31. The molecule has 25 heavy (non-hydrogen) atoms. The lowest BCUT2D eigenvalue weighted by Gasteiger charge is -2.35. The number of hydrogen-bond acceptors (Lipinski definition) is 5. The van der Waals surface area contributed by atoms with Gasteiger partial charge in [0.25, 0.3) is 10.2 Å². The Morgan fingerprint density at radius 2 is 1.76 bits per heavy atom. The van der Waals surface area contributed by atoms with Crippen molar-refractivity contribution in [3.05, 3.63) is 29.8 Å². The second kappa shape index (κ2) is 8.95. The van der Waals surface area contributed by atoms with Gasteiger partial charge in [-0.1, -0.05) is 12.1 Å². The van der Waals surface area contributed by atoms with Gasteiger partial charge in [-0.3, -0.25) is 4.90 Å². The van der Waals surface area contributed by atoms with Crippen LogP contribution in [0.5, 0.6) is 0 Å². The maximum Gasteiger partial charge on any atom is 0.277 e. The molecule has 2 rings (SSSR count). The molecule has 1 heterocycles. The molecule has 0 aromatic heterocycles. The number of benzene rings is 1. The Balaban J connectivity index is 2.15. The number of hydrogen-bond donors (Lipinski definition) is 2. The van der Waals surface area contributed by atoms with E-state index in [1.807, 2.05) is 19.0 Å². The van der Waals surface area contributed by atoms with Gasteiger partial charge < -0.3 is 9.64 Å². The van der Waals surface area contributed by atoms with Gasteiger partial charge in [-0.15, -0.1) is 0 Å². The summed E-state index contributed by atoms with van der Waals surface area (Å²) < 4.78 is 35.0. The van der Waals surface area contributed by atoms with Crippen LogP contribution in [0.15, 0.2) is 24.3 Å². The normalized spacial score (nSPS) is 17.6. The lowest BCUT2D eigenvalue weighted by molar-refractivity contribution is 0.0172. The molecular weight excluding hydrogens is 340 g/mol. The molecule has 0 bridgehead atoms. The first-order chi connectivity index (χ1) is 11.8. The molecule has 0 saturated carbocycles. The van der Waals surface area contributed by atoms with Crippen molar-refractivity contribution >= 4 is 15.9 Å². The first kappa shape index (κ1) is 20.1. The van der Waals surface area contributed by atoms with Crippen molar-refractivity contribution in [2.24, 2.45) is 0 Å². The summed E-state index contributed by atoms with van der Waals surface area (Å²) in [5.74, 6) is 0. The minimum Gasteiger partial charge on any atom is -0.379 e. The van der Waals surface area contributed by atoms with E-state index in [2.05, 4.69) is 38.6 Å². The zero-order valence-electron chi connectivity index (χ0n) is 15.5. The van der Waals surface area contributed by atoms with Crippen LogP contribution in [0.25, 0.3) is 0 Å². The second-order valence-electron chi connectivity index (χ2n) is 6.77. The van der Waals surface area contributed by atoms with E-state index in [1.54, 1.807) is 13.8 Å². The van der Waals surface area contributed by atoms with Gasteiger partial charge in [0.2, 0.25) is 0 Å². The summed E-state index contributed by atoms with van der Waals surface area (Å²) in [5.41, 5.74) is 2.21. The third kappa shape index (κ3) is 6.23. The summed E-state index contributed by atoms with van der Waals surface area (Å²) >= 11 is 0. The van der Waals surface area contributed by atoms with Crippen LogP contribution in [0.2, 0.25) is 0 Å². The third-order valence-electron chi connectivity index (χ3n) is 4.14. The molecule has 1 atom stereocenters. The van der Waals surface area contributed by atoms with E-state index >= 15 is 0 Å². The Morgan fingerprint density at radius 3 is 2.28 bits per heavy atom. The maximum absolute atomic E-state index is 12.1. The molecule has 0 amide bonds. The number of morpholine rings is 1. The molecule has 1 aromatic rings. The average molecular weight is 371 g/mol. The largest absolute Gasteiger partial charge is 0.379 e. The highest BCUT2D eigenvalue weighted by atomic mass is 32.2. The van der Waals surface area contributed by atoms with Crippen LogP contribution in [0, 0.1) is 0 Å². The molecular formula is C17H30N4O3S. The van der Waals surface area contributed by atoms with E-state index in [9.17, 15) is 8.42 Å². The van der Waals surface area contributed by atoms with Crippen LogP contribution in [0.3, 0.4) is 0 Å². The molecule has 7 nitrogen and oxygen atoms in total. The van der Waals surface area contributed by atoms with E-state index in [0.717, 1.165) is 24.3 Å². The van der Waals surface area contributed by atoms with Crippen molar-refractivity contribution in [2.45, 2.75) is 25.9 Å². The fourth-order valence-corrected chi connectivity index (χ4v) is 3.96. The van der Waals surface area contributed by atoms with Crippen LogP contribution < -0.4 is 14.3 Å². The van der Waals surface area contributed by atoms with Gasteiger partial charge in [0.05, 0.1) is 13.2 Å². The van der Waals surface area contributed by atoms with E-state index in [0.29, 0.717) is 19.8 Å². The van der Waals surface area contributed by atoms with Crippen LogP contribution in [0.1, 0.15) is 25.5 Å². The Kier molecular flexibility index (Phi) is 7.21. The molecule has 2 N–H and O–H groups in total. The molecule has 1 aromatic carbocycles.